The fraction of sp³-hybridized carbons (Fsp3) is 0.0625. The van der Waals surface area contributed by atoms with Crippen LogP contribution in [-0.4, -0.2) is 0 Å². The summed E-state index contributed by atoms with van der Waals surface area (Å²) in [6.45, 7) is 5.75. The average Bonchev–Trinajstić information content (AvgIpc) is 2.39. The number of allylic oxidation sites excluding steroid dienone is 1. The first-order valence-electron chi connectivity index (χ1n) is 5.34. The first-order valence-corrected chi connectivity index (χ1v) is 5.34. The normalized spacial score (nSPS) is 9.56. The largest absolute Gasteiger partial charge is 0.125 e. The summed E-state index contributed by atoms with van der Waals surface area (Å²) in [5.74, 6) is 0. The highest BCUT2D eigenvalue weighted by atomic mass is 14.1. The lowest BCUT2D eigenvalue weighted by atomic mass is 9.96. The minimum absolute atomic E-state index is 1.08. The Labute approximate surface area is 96.6 Å². The zero-order chi connectivity index (χ0) is 11.4. The molecule has 0 spiro atoms. The number of hydrogen-bond acceptors (Lipinski definition) is 0. The Balaban J connectivity index is 2.62. The lowest BCUT2D eigenvalue weighted by Crippen LogP contribution is -1.85. The molecule has 0 saturated heterocycles. The molecule has 0 aliphatic carbocycles. The molecule has 2 aromatic carbocycles. The van der Waals surface area contributed by atoms with E-state index in [1.54, 1.807) is 0 Å². The number of benzene rings is 2. The van der Waals surface area contributed by atoms with Gasteiger partial charge in [-0.3, -0.25) is 0 Å². The van der Waals surface area contributed by atoms with Gasteiger partial charge >= 0.3 is 0 Å². The third-order valence-electron chi connectivity index (χ3n) is 2.68. The quantitative estimate of drug-likeness (QED) is 0.633. The monoisotopic (exact) mass is 206 g/mol. The van der Waals surface area contributed by atoms with E-state index in [0.29, 0.717) is 0 Å². The molecular formula is C16H14. The maximum Gasteiger partial charge on any atom is -0.00190 e. The molecule has 2 aromatic rings. The van der Waals surface area contributed by atoms with E-state index < -0.39 is 0 Å². The van der Waals surface area contributed by atoms with Crippen molar-refractivity contribution in [3.8, 4) is 11.1 Å². The number of hydrogen-bond donors (Lipinski definition) is 0. The first kappa shape index (κ1) is 10.5. The minimum Gasteiger partial charge on any atom is -0.125 e. The Morgan fingerprint density at radius 3 is 2.25 bits per heavy atom. The van der Waals surface area contributed by atoms with Crippen molar-refractivity contribution in [1.29, 1.82) is 0 Å². The fourth-order valence-electron chi connectivity index (χ4n) is 1.77. The second-order valence-electron chi connectivity index (χ2n) is 3.71. The molecule has 0 heteroatoms. The van der Waals surface area contributed by atoms with Gasteiger partial charge in [0.1, 0.15) is 0 Å². The van der Waals surface area contributed by atoms with Crippen LogP contribution in [0.1, 0.15) is 12.5 Å². The van der Waals surface area contributed by atoms with Crippen molar-refractivity contribution >= 4 is 5.57 Å². The van der Waals surface area contributed by atoms with Gasteiger partial charge in [0.2, 0.25) is 0 Å². The van der Waals surface area contributed by atoms with E-state index >= 15 is 0 Å². The Bertz CT molecular complexity index is 529. The van der Waals surface area contributed by atoms with Crippen molar-refractivity contribution in [2.45, 2.75) is 6.92 Å². The van der Waals surface area contributed by atoms with Gasteiger partial charge in [-0.2, -0.15) is 0 Å². The van der Waals surface area contributed by atoms with Gasteiger partial charge in [0.05, 0.1) is 0 Å². The van der Waals surface area contributed by atoms with Gasteiger partial charge in [-0.15, -0.1) is 5.73 Å². The third-order valence-corrected chi connectivity index (χ3v) is 2.68. The minimum atomic E-state index is 1.08. The van der Waals surface area contributed by atoms with Gasteiger partial charge in [0.25, 0.3) is 0 Å². The molecular weight excluding hydrogens is 192 g/mol. The van der Waals surface area contributed by atoms with Crippen LogP contribution in [-0.2, 0) is 0 Å². The SMILES string of the molecule is C=C=C(C)c1ccccc1-c1ccccc1. The lowest BCUT2D eigenvalue weighted by Gasteiger charge is -2.08. The molecule has 0 fully saturated rings. The molecule has 0 unspecified atom stereocenters. The van der Waals surface area contributed by atoms with E-state index in [4.69, 9.17) is 0 Å². The molecule has 0 bridgehead atoms. The summed E-state index contributed by atoms with van der Waals surface area (Å²) in [7, 11) is 0. The molecule has 0 amide bonds. The van der Waals surface area contributed by atoms with Crippen molar-refractivity contribution in [3.05, 3.63) is 72.5 Å². The Morgan fingerprint density at radius 2 is 1.56 bits per heavy atom. The van der Waals surface area contributed by atoms with Gasteiger partial charge in [-0.1, -0.05) is 61.2 Å². The standard InChI is InChI=1S/C16H14/c1-3-13(2)15-11-7-8-12-16(15)14-9-5-4-6-10-14/h4-12H,1H2,2H3. The van der Waals surface area contributed by atoms with Crippen molar-refractivity contribution in [2.24, 2.45) is 0 Å². The van der Waals surface area contributed by atoms with E-state index in [2.05, 4.69) is 54.8 Å². The summed E-state index contributed by atoms with van der Waals surface area (Å²) in [4.78, 5) is 0. The molecule has 0 radical (unpaired) electrons. The van der Waals surface area contributed by atoms with Crippen LogP contribution in [0.5, 0.6) is 0 Å². The van der Waals surface area contributed by atoms with Crippen LogP contribution in [0, 0.1) is 0 Å². The third kappa shape index (κ3) is 1.98. The maximum atomic E-state index is 3.71. The highest BCUT2D eigenvalue weighted by molar-refractivity contribution is 5.80. The highest BCUT2D eigenvalue weighted by Crippen LogP contribution is 2.27. The Kier molecular flexibility index (Phi) is 3.05. The summed E-state index contributed by atoms with van der Waals surface area (Å²) in [6, 6.07) is 18.7. The van der Waals surface area contributed by atoms with Crippen molar-refractivity contribution < 1.29 is 0 Å². The highest BCUT2D eigenvalue weighted by Gasteiger charge is 2.04. The molecule has 0 heterocycles. The smallest absolute Gasteiger partial charge is 0.00190 e. The van der Waals surface area contributed by atoms with E-state index in [-0.39, 0.29) is 0 Å². The summed E-state index contributed by atoms with van der Waals surface area (Å²) in [6.07, 6.45) is 0. The van der Waals surface area contributed by atoms with Crippen LogP contribution >= 0.6 is 0 Å². The van der Waals surface area contributed by atoms with Gasteiger partial charge in [-0.25, -0.2) is 0 Å². The van der Waals surface area contributed by atoms with Gasteiger partial charge in [0.15, 0.2) is 0 Å². The van der Waals surface area contributed by atoms with E-state index in [9.17, 15) is 0 Å². The maximum absolute atomic E-state index is 3.71. The fourth-order valence-corrected chi connectivity index (χ4v) is 1.77. The van der Waals surface area contributed by atoms with E-state index in [0.717, 1.165) is 5.57 Å². The summed E-state index contributed by atoms with van der Waals surface area (Å²) in [5, 5.41) is 0. The van der Waals surface area contributed by atoms with Crippen LogP contribution in [0.4, 0.5) is 0 Å². The molecule has 0 atom stereocenters. The summed E-state index contributed by atoms with van der Waals surface area (Å²) >= 11 is 0. The van der Waals surface area contributed by atoms with Crippen LogP contribution in [0.2, 0.25) is 0 Å². The predicted molar refractivity (Wildman–Crippen MR) is 70.1 cm³/mol. The molecule has 0 nitrogen and oxygen atoms in total. The summed E-state index contributed by atoms with van der Waals surface area (Å²) < 4.78 is 0. The van der Waals surface area contributed by atoms with Crippen LogP contribution in [0.15, 0.2) is 66.9 Å². The van der Waals surface area contributed by atoms with Gasteiger partial charge in [0, 0.05) is 0 Å². The molecule has 0 aromatic heterocycles. The molecule has 0 N–H and O–H groups in total. The topological polar surface area (TPSA) is 0 Å². The zero-order valence-corrected chi connectivity index (χ0v) is 9.40. The molecule has 0 aliphatic heterocycles. The van der Waals surface area contributed by atoms with Crippen molar-refractivity contribution in [1.82, 2.24) is 0 Å². The van der Waals surface area contributed by atoms with Crippen molar-refractivity contribution in [3.63, 3.8) is 0 Å². The summed E-state index contributed by atoms with van der Waals surface area (Å²) in [5.41, 5.74) is 7.70. The predicted octanol–water partition coefficient (Wildman–Crippen LogP) is 4.54. The van der Waals surface area contributed by atoms with Gasteiger partial charge < -0.3 is 0 Å². The molecule has 2 rings (SSSR count). The lowest BCUT2D eigenvalue weighted by molar-refractivity contribution is 1.54. The Hall–Kier alpha value is -2.04. The average molecular weight is 206 g/mol. The van der Waals surface area contributed by atoms with E-state index in [1.165, 1.54) is 16.7 Å². The molecule has 0 aliphatic rings. The Morgan fingerprint density at radius 1 is 0.938 bits per heavy atom. The molecule has 78 valence electrons. The van der Waals surface area contributed by atoms with E-state index in [1.807, 2.05) is 19.1 Å². The zero-order valence-electron chi connectivity index (χ0n) is 9.40. The van der Waals surface area contributed by atoms with Crippen molar-refractivity contribution in [2.75, 3.05) is 0 Å². The van der Waals surface area contributed by atoms with Gasteiger partial charge in [-0.05, 0) is 29.2 Å². The second-order valence-corrected chi connectivity index (χ2v) is 3.71. The van der Waals surface area contributed by atoms with Crippen LogP contribution in [0.25, 0.3) is 16.7 Å². The first-order chi connectivity index (χ1) is 7.83. The van der Waals surface area contributed by atoms with Crippen LogP contribution < -0.4 is 0 Å². The second kappa shape index (κ2) is 4.65. The van der Waals surface area contributed by atoms with Crippen LogP contribution in [0.3, 0.4) is 0 Å². The number of rotatable bonds is 2. The molecule has 16 heavy (non-hydrogen) atoms. The molecule has 0 saturated carbocycles.